The van der Waals surface area contributed by atoms with Crippen molar-refractivity contribution < 1.29 is 4.74 Å². The lowest BCUT2D eigenvalue weighted by Gasteiger charge is -2.35. The first kappa shape index (κ1) is 16.8. The summed E-state index contributed by atoms with van der Waals surface area (Å²) in [5.74, 6) is 0.897. The fourth-order valence-electron chi connectivity index (χ4n) is 3.91. The van der Waals surface area contributed by atoms with E-state index in [9.17, 15) is 0 Å². The van der Waals surface area contributed by atoms with Crippen LogP contribution in [0.25, 0.3) is 0 Å². The number of rotatable bonds is 5. The lowest BCUT2D eigenvalue weighted by Crippen LogP contribution is -2.51. The van der Waals surface area contributed by atoms with Crippen molar-refractivity contribution in [2.75, 3.05) is 39.8 Å². The molecule has 2 atom stereocenters. The van der Waals surface area contributed by atoms with Crippen molar-refractivity contribution in [3.63, 3.8) is 0 Å². The minimum atomic E-state index is 0.281. The number of allylic oxidation sites excluding steroid dienone is 1. The first-order chi connectivity index (χ1) is 11.3. The maximum absolute atomic E-state index is 5.99. The predicted molar refractivity (Wildman–Crippen MR) is 94.9 cm³/mol. The number of hydrogen-bond acceptors (Lipinski definition) is 3. The molecule has 0 aromatic rings. The second-order valence-corrected chi connectivity index (χ2v) is 6.98. The fraction of sp³-hybridized carbons (Fsp3) is 0.833. The molecule has 2 unspecified atom stereocenters. The number of aliphatic imine (C=N–C) groups is 1. The Labute approximate surface area is 140 Å². The molecule has 0 radical (unpaired) electrons. The molecule has 23 heavy (non-hydrogen) atoms. The zero-order valence-corrected chi connectivity index (χ0v) is 14.5. The highest BCUT2D eigenvalue weighted by atomic mass is 16.5. The lowest BCUT2D eigenvalue weighted by molar-refractivity contribution is -0.0453. The molecule has 2 heterocycles. The summed E-state index contributed by atoms with van der Waals surface area (Å²) in [5.41, 5.74) is 1.61. The fourth-order valence-corrected chi connectivity index (χ4v) is 3.91. The van der Waals surface area contributed by atoms with E-state index < -0.39 is 0 Å². The number of ether oxygens (including phenoxy) is 1. The summed E-state index contributed by atoms with van der Waals surface area (Å²) in [6, 6.07) is 0.674. The second kappa shape index (κ2) is 8.69. The van der Waals surface area contributed by atoms with Crippen molar-refractivity contribution in [2.24, 2.45) is 4.99 Å². The molecule has 0 bridgehead atoms. The highest BCUT2D eigenvalue weighted by molar-refractivity contribution is 5.79. The Morgan fingerprint density at radius 2 is 2.30 bits per heavy atom. The molecular weight excluding hydrogens is 288 g/mol. The summed E-state index contributed by atoms with van der Waals surface area (Å²) in [6.45, 7) is 5.00. The van der Waals surface area contributed by atoms with E-state index in [1.807, 2.05) is 7.05 Å². The van der Waals surface area contributed by atoms with Gasteiger partial charge in [0.2, 0.25) is 0 Å². The van der Waals surface area contributed by atoms with Gasteiger partial charge in [-0.05, 0) is 51.5 Å². The van der Waals surface area contributed by atoms with Crippen LogP contribution in [0.15, 0.2) is 16.6 Å². The molecule has 0 saturated carbocycles. The number of guanidine groups is 1. The summed E-state index contributed by atoms with van der Waals surface area (Å²) in [5, 5.41) is 6.86. The van der Waals surface area contributed by atoms with E-state index in [-0.39, 0.29) is 6.10 Å². The Hall–Kier alpha value is -1.07. The average Bonchev–Trinajstić information content (AvgIpc) is 3.06. The molecule has 0 amide bonds. The minimum absolute atomic E-state index is 0.281. The maximum atomic E-state index is 5.99. The van der Waals surface area contributed by atoms with E-state index in [1.54, 1.807) is 5.57 Å². The largest absolute Gasteiger partial charge is 0.373 e. The zero-order valence-electron chi connectivity index (χ0n) is 14.5. The van der Waals surface area contributed by atoms with Gasteiger partial charge in [0.15, 0.2) is 5.96 Å². The van der Waals surface area contributed by atoms with Gasteiger partial charge in [0.05, 0.1) is 12.7 Å². The van der Waals surface area contributed by atoms with Crippen molar-refractivity contribution in [1.82, 2.24) is 15.5 Å². The molecule has 3 rings (SSSR count). The second-order valence-electron chi connectivity index (χ2n) is 6.98. The quantitative estimate of drug-likeness (QED) is 0.461. The molecule has 130 valence electrons. The molecule has 2 fully saturated rings. The number of nitrogens with one attached hydrogen (secondary N) is 2. The van der Waals surface area contributed by atoms with Gasteiger partial charge in [0.1, 0.15) is 0 Å². The molecule has 0 spiro atoms. The minimum Gasteiger partial charge on any atom is -0.373 e. The smallest absolute Gasteiger partial charge is 0.191 e. The first-order valence-electron chi connectivity index (χ1n) is 9.33. The highest BCUT2D eigenvalue weighted by Crippen LogP contribution is 2.22. The summed E-state index contributed by atoms with van der Waals surface area (Å²) in [4.78, 5) is 6.91. The molecule has 5 nitrogen and oxygen atoms in total. The van der Waals surface area contributed by atoms with Gasteiger partial charge in [-0.2, -0.15) is 0 Å². The molecule has 0 aromatic heterocycles. The van der Waals surface area contributed by atoms with Crippen LogP contribution in [0.2, 0.25) is 0 Å². The average molecular weight is 320 g/mol. The van der Waals surface area contributed by atoms with Crippen molar-refractivity contribution in [3.8, 4) is 0 Å². The molecule has 5 heteroatoms. The highest BCUT2D eigenvalue weighted by Gasteiger charge is 2.32. The van der Waals surface area contributed by atoms with Gasteiger partial charge in [0, 0.05) is 32.7 Å². The van der Waals surface area contributed by atoms with Gasteiger partial charge < -0.3 is 15.4 Å². The predicted octanol–water partition coefficient (Wildman–Crippen LogP) is 1.91. The van der Waals surface area contributed by atoms with E-state index in [4.69, 9.17) is 4.74 Å². The number of nitrogens with zero attached hydrogens (tertiary/aromatic N) is 2. The van der Waals surface area contributed by atoms with Crippen LogP contribution in [0.5, 0.6) is 0 Å². The third-order valence-corrected chi connectivity index (χ3v) is 5.31. The van der Waals surface area contributed by atoms with Crippen LogP contribution in [0.1, 0.15) is 44.9 Å². The van der Waals surface area contributed by atoms with Gasteiger partial charge in [-0.15, -0.1) is 0 Å². The van der Waals surface area contributed by atoms with Crippen LogP contribution in [0, 0.1) is 0 Å². The van der Waals surface area contributed by atoms with Crippen LogP contribution in [0.4, 0.5) is 0 Å². The van der Waals surface area contributed by atoms with Crippen LogP contribution in [-0.2, 0) is 4.74 Å². The monoisotopic (exact) mass is 320 g/mol. The Bertz CT molecular complexity index is 435. The molecular formula is C18H32N4O. The molecule has 2 N–H and O–H groups in total. The van der Waals surface area contributed by atoms with Gasteiger partial charge in [-0.3, -0.25) is 9.89 Å². The third-order valence-electron chi connectivity index (χ3n) is 5.31. The van der Waals surface area contributed by atoms with Crippen molar-refractivity contribution >= 4 is 5.96 Å². The summed E-state index contributed by atoms with van der Waals surface area (Å²) in [7, 11) is 1.84. The van der Waals surface area contributed by atoms with Crippen molar-refractivity contribution in [3.05, 3.63) is 11.6 Å². The summed E-state index contributed by atoms with van der Waals surface area (Å²) >= 11 is 0. The van der Waals surface area contributed by atoms with Gasteiger partial charge in [-0.1, -0.05) is 11.6 Å². The maximum Gasteiger partial charge on any atom is 0.191 e. The van der Waals surface area contributed by atoms with Crippen LogP contribution in [-0.4, -0.2) is 62.8 Å². The lowest BCUT2D eigenvalue weighted by atomic mass is 9.97. The van der Waals surface area contributed by atoms with E-state index in [1.165, 1.54) is 45.1 Å². The Morgan fingerprint density at radius 1 is 1.35 bits per heavy atom. The van der Waals surface area contributed by atoms with Crippen molar-refractivity contribution in [1.29, 1.82) is 0 Å². The Balaban J connectivity index is 1.34. The number of hydrogen-bond donors (Lipinski definition) is 2. The number of morpholine rings is 1. The van der Waals surface area contributed by atoms with Crippen LogP contribution < -0.4 is 10.6 Å². The van der Waals surface area contributed by atoms with Crippen LogP contribution >= 0.6 is 0 Å². The molecule has 2 saturated heterocycles. The molecule has 3 aliphatic rings. The summed E-state index contributed by atoms with van der Waals surface area (Å²) < 4.78 is 5.99. The SMILES string of the molecule is CN=C(NCCC1=CCCCC1)NCC1CN2CCCC2CO1. The van der Waals surface area contributed by atoms with E-state index in [0.29, 0.717) is 6.04 Å². The Morgan fingerprint density at radius 3 is 3.13 bits per heavy atom. The normalized spacial score (nSPS) is 29.1. The topological polar surface area (TPSA) is 48.9 Å². The molecule has 0 aromatic carbocycles. The number of fused-ring (bicyclic) bond motifs is 1. The molecule has 2 aliphatic heterocycles. The van der Waals surface area contributed by atoms with Gasteiger partial charge >= 0.3 is 0 Å². The zero-order chi connectivity index (χ0) is 15.9. The standard InChI is InChI=1S/C18H32N4O/c1-19-18(20-10-9-15-6-3-2-4-7-15)21-12-17-13-22-11-5-8-16(22)14-23-17/h6,16-17H,2-5,7-14H2,1H3,(H2,19,20,21). The Kier molecular flexibility index (Phi) is 6.34. The van der Waals surface area contributed by atoms with Gasteiger partial charge in [0.25, 0.3) is 0 Å². The van der Waals surface area contributed by atoms with Crippen molar-refractivity contribution in [2.45, 2.75) is 57.1 Å². The van der Waals surface area contributed by atoms with Crippen LogP contribution in [0.3, 0.4) is 0 Å². The first-order valence-corrected chi connectivity index (χ1v) is 9.33. The van der Waals surface area contributed by atoms with Gasteiger partial charge in [-0.25, -0.2) is 0 Å². The molecule has 1 aliphatic carbocycles. The van der Waals surface area contributed by atoms with E-state index in [0.717, 1.165) is 38.6 Å². The summed E-state index contributed by atoms with van der Waals surface area (Å²) in [6.07, 6.45) is 11.7. The van der Waals surface area contributed by atoms with E-state index >= 15 is 0 Å². The van der Waals surface area contributed by atoms with E-state index in [2.05, 4.69) is 26.6 Å². The third kappa shape index (κ3) is 4.95.